The molecule has 1 atom stereocenters. The normalized spacial score (nSPS) is 12.2. The van der Waals surface area contributed by atoms with Gasteiger partial charge in [-0.15, -0.1) is 0 Å². The van der Waals surface area contributed by atoms with Crippen LogP contribution in [0.4, 0.5) is 0 Å². The minimum Gasteiger partial charge on any atom is -0.344 e. The molecule has 0 saturated carbocycles. The van der Waals surface area contributed by atoms with E-state index in [1.54, 1.807) is 16.7 Å². The van der Waals surface area contributed by atoms with Crippen molar-refractivity contribution in [3.05, 3.63) is 35.9 Å². The van der Waals surface area contributed by atoms with Crippen LogP contribution in [-0.2, 0) is 4.79 Å². The van der Waals surface area contributed by atoms with Crippen molar-refractivity contribution in [1.82, 2.24) is 4.90 Å². The highest BCUT2D eigenvalue weighted by atomic mass is 32.2. The summed E-state index contributed by atoms with van der Waals surface area (Å²) in [6.45, 7) is 1.12. The Morgan fingerprint density at radius 3 is 2.59 bits per heavy atom. The van der Waals surface area contributed by atoms with Crippen molar-refractivity contribution in [1.29, 1.82) is 0 Å². The number of nitrogens with two attached hydrogens (primary N) is 1. The van der Waals surface area contributed by atoms with E-state index in [0.717, 1.165) is 17.9 Å². The van der Waals surface area contributed by atoms with Crippen LogP contribution in [0.5, 0.6) is 0 Å². The molecule has 2 N–H and O–H groups in total. The number of nitrogens with zero attached hydrogens (tertiary/aromatic N) is 1. The van der Waals surface area contributed by atoms with Crippen LogP contribution in [0.2, 0.25) is 0 Å². The molecule has 1 unspecified atom stereocenters. The fourth-order valence-corrected chi connectivity index (χ4v) is 2.13. The fourth-order valence-electron chi connectivity index (χ4n) is 1.67. The van der Waals surface area contributed by atoms with E-state index in [-0.39, 0.29) is 11.8 Å². The van der Waals surface area contributed by atoms with Gasteiger partial charge in [0.1, 0.15) is 0 Å². The lowest BCUT2D eigenvalue weighted by atomic mass is 9.98. The number of amides is 1. The Morgan fingerprint density at radius 1 is 1.41 bits per heavy atom. The molecule has 0 aliphatic carbocycles. The number of carbonyl (C=O) groups excluding carboxylic acids is 1. The van der Waals surface area contributed by atoms with Crippen LogP contribution in [0.15, 0.2) is 30.3 Å². The van der Waals surface area contributed by atoms with Gasteiger partial charge in [-0.2, -0.15) is 11.8 Å². The van der Waals surface area contributed by atoms with Gasteiger partial charge in [0.15, 0.2) is 0 Å². The van der Waals surface area contributed by atoms with Crippen molar-refractivity contribution < 1.29 is 4.79 Å². The molecule has 1 amide bonds. The van der Waals surface area contributed by atoms with E-state index in [2.05, 4.69) is 0 Å². The Balaban J connectivity index is 2.71. The highest BCUT2D eigenvalue weighted by Crippen LogP contribution is 2.16. The minimum atomic E-state index is -0.219. The number of rotatable bonds is 6. The van der Waals surface area contributed by atoms with Crippen molar-refractivity contribution in [2.24, 2.45) is 5.73 Å². The highest BCUT2D eigenvalue weighted by Gasteiger charge is 2.21. The summed E-state index contributed by atoms with van der Waals surface area (Å²) in [4.78, 5) is 14.0. The lowest BCUT2D eigenvalue weighted by Crippen LogP contribution is -2.36. The summed E-state index contributed by atoms with van der Waals surface area (Å²) in [6, 6.07) is 9.73. The maximum absolute atomic E-state index is 12.2. The molecule has 94 valence electrons. The minimum absolute atomic E-state index is 0.104. The summed E-state index contributed by atoms with van der Waals surface area (Å²) in [5.74, 6) is 0.838. The third-order valence-corrected chi connectivity index (χ3v) is 3.33. The van der Waals surface area contributed by atoms with Crippen molar-refractivity contribution in [3.8, 4) is 0 Å². The first-order valence-electron chi connectivity index (χ1n) is 5.69. The van der Waals surface area contributed by atoms with Crippen molar-refractivity contribution in [2.45, 2.75) is 5.92 Å². The number of thioether (sulfide) groups is 1. The van der Waals surface area contributed by atoms with Crippen molar-refractivity contribution in [3.63, 3.8) is 0 Å². The Hall–Kier alpha value is -1.00. The number of likely N-dealkylation sites (N-methyl/N-ethyl adjacent to an activating group) is 1. The van der Waals surface area contributed by atoms with Gasteiger partial charge in [-0.3, -0.25) is 4.79 Å². The SMILES string of the molecule is CSCCN(C)C(=O)C(CN)c1ccccc1. The van der Waals surface area contributed by atoms with Crippen LogP contribution < -0.4 is 5.73 Å². The summed E-state index contributed by atoms with van der Waals surface area (Å²) in [5.41, 5.74) is 6.72. The van der Waals surface area contributed by atoms with Gasteiger partial charge in [-0.1, -0.05) is 30.3 Å². The molecular formula is C13H20N2OS. The molecule has 0 bridgehead atoms. The Labute approximate surface area is 107 Å². The molecule has 0 spiro atoms. The number of hydrogen-bond donors (Lipinski definition) is 1. The molecule has 1 aromatic rings. The van der Waals surface area contributed by atoms with Crippen LogP contribution in [0, 0.1) is 0 Å². The van der Waals surface area contributed by atoms with Crippen LogP contribution in [0.25, 0.3) is 0 Å². The predicted molar refractivity (Wildman–Crippen MR) is 74.3 cm³/mol. The maximum atomic E-state index is 12.2. The number of hydrogen-bond acceptors (Lipinski definition) is 3. The topological polar surface area (TPSA) is 46.3 Å². The molecular weight excluding hydrogens is 232 g/mol. The van der Waals surface area contributed by atoms with E-state index in [4.69, 9.17) is 5.73 Å². The molecule has 0 saturated heterocycles. The first-order valence-corrected chi connectivity index (χ1v) is 7.09. The van der Waals surface area contributed by atoms with Gasteiger partial charge in [-0.05, 0) is 11.8 Å². The van der Waals surface area contributed by atoms with Crippen LogP contribution in [0.1, 0.15) is 11.5 Å². The predicted octanol–water partition coefficient (Wildman–Crippen LogP) is 1.55. The number of carbonyl (C=O) groups is 1. The monoisotopic (exact) mass is 252 g/mol. The summed E-state index contributed by atoms with van der Waals surface area (Å²) in [6.07, 6.45) is 2.04. The molecule has 0 heterocycles. The largest absolute Gasteiger partial charge is 0.344 e. The zero-order chi connectivity index (χ0) is 12.7. The van der Waals surface area contributed by atoms with Gasteiger partial charge in [0.25, 0.3) is 0 Å². The average molecular weight is 252 g/mol. The van der Waals surface area contributed by atoms with E-state index in [0.29, 0.717) is 6.54 Å². The molecule has 0 fully saturated rings. The summed E-state index contributed by atoms with van der Waals surface area (Å²) >= 11 is 1.74. The third-order valence-electron chi connectivity index (χ3n) is 2.74. The molecule has 0 radical (unpaired) electrons. The molecule has 0 aliphatic rings. The van der Waals surface area contributed by atoms with Gasteiger partial charge >= 0.3 is 0 Å². The van der Waals surface area contributed by atoms with Crippen LogP contribution >= 0.6 is 11.8 Å². The van der Waals surface area contributed by atoms with Gasteiger partial charge in [0, 0.05) is 25.9 Å². The Bertz CT molecular complexity index is 343. The quantitative estimate of drug-likeness (QED) is 0.835. The second-order valence-corrected chi connectivity index (χ2v) is 4.94. The summed E-state index contributed by atoms with van der Waals surface area (Å²) in [7, 11) is 1.84. The zero-order valence-corrected chi connectivity index (χ0v) is 11.2. The van der Waals surface area contributed by atoms with E-state index in [1.165, 1.54) is 0 Å². The summed E-state index contributed by atoms with van der Waals surface area (Å²) in [5, 5.41) is 0. The van der Waals surface area contributed by atoms with Crippen LogP contribution in [0.3, 0.4) is 0 Å². The lowest BCUT2D eigenvalue weighted by Gasteiger charge is -2.22. The van der Waals surface area contributed by atoms with Crippen molar-refractivity contribution in [2.75, 3.05) is 32.1 Å². The van der Waals surface area contributed by atoms with E-state index < -0.39 is 0 Å². The Morgan fingerprint density at radius 2 is 2.06 bits per heavy atom. The molecule has 17 heavy (non-hydrogen) atoms. The molecule has 3 nitrogen and oxygen atoms in total. The van der Waals surface area contributed by atoms with Crippen LogP contribution in [-0.4, -0.2) is 43.0 Å². The zero-order valence-electron chi connectivity index (χ0n) is 10.4. The molecule has 1 rings (SSSR count). The van der Waals surface area contributed by atoms with Gasteiger partial charge in [0.2, 0.25) is 5.91 Å². The summed E-state index contributed by atoms with van der Waals surface area (Å²) < 4.78 is 0. The smallest absolute Gasteiger partial charge is 0.231 e. The highest BCUT2D eigenvalue weighted by molar-refractivity contribution is 7.98. The van der Waals surface area contributed by atoms with Crippen molar-refractivity contribution >= 4 is 17.7 Å². The average Bonchev–Trinajstić information content (AvgIpc) is 2.38. The molecule has 4 heteroatoms. The molecule has 1 aromatic carbocycles. The first-order chi connectivity index (χ1) is 8.20. The van der Waals surface area contributed by atoms with E-state index in [9.17, 15) is 4.79 Å². The third kappa shape index (κ3) is 4.06. The second kappa shape index (κ2) is 7.35. The maximum Gasteiger partial charge on any atom is 0.231 e. The number of benzene rings is 1. The van der Waals surface area contributed by atoms with Gasteiger partial charge in [0.05, 0.1) is 5.92 Å². The van der Waals surface area contributed by atoms with E-state index >= 15 is 0 Å². The fraction of sp³-hybridized carbons (Fsp3) is 0.462. The second-order valence-electron chi connectivity index (χ2n) is 3.95. The molecule has 0 aliphatic heterocycles. The Kier molecular flexibility index (Phi) is 6.08. The lowest BCUT2D eigenvalue weighted by molar-refractivity contribution is -0.131. The van der Waals surface area contributed by atoms with Gasteiger partial charge in [-0.25, -0.2) is 0 Å². The standard InChI is InChI=1S/C13H20N2OS/c1-15(8-9-17-2)13(16)12(10-14)11-6-4-3-5-7-11/h3-7,12H,8-10,14H2,1-2H3. The molecule has 0 aromatic heterocycles. The first kappa shape index (κ1) is 14.1. The van der Waals surface area contributed by atoms with Gasteiger partial charge < -0.3 is 10.6 Å². The van der Waals surface area contributed by atoms with E-state index in [1.807, 2.05) is 43.6 Å².